The van der Waals surface area contributed by atoms with Gasteiger partial charge in [0.25, 0.3) is 5.56 Å². The maximum absolute atomic E-state index is 11.6. The molecule has 0 saturated carbocycles. The Hall–Kier alpha value is -1.09. The van der Waals surface area contributed by atoms with Crippen LogP contribution in [0, 0.1) is 0 Å². The number of aromatic amines is 1. The molecule has 0 aromatic carbocycles. The van der Waals surface area contributed by atoms with Crippen LogP contribution in [-0.2, 0) is 12.0 Å². The third-order valence-corrected chi connectivity index (χ3v) is 2.17. The number of nitrogens with one attached hydrogen (secondary N) is 2. The zero-order chi connectivity index (χ0) is 10.8. The van der Waals surface area contributed by atoms with Crippen LogP contribution in [0.15, 0.2) is 16.9 Å². The van der Waals surface area contributed by atoms with Crippen molar-refractivity contribution >= 4 is 0 Å². The Balaban J connectivity index is 3.07. The van der Waals surface area contributed by atoms with Gasteiger partial charge in [0.15, 0.2) is 0 Å². The van der Waals surface area contributed by atoms with Gasteiger partial charge in [-0.1, -0.05) is 26.8 Å². The summed E-state index contributed by atoms with van der Waals surface area (Å²) in [5, 5.41) is 2.96. The van der Waals surface area contributed by atoms with Gasteiger partial charge in [-0.3, -0.25) is 4.79 Å². The number of rotatable bonds is 2. The zero-order valence-electron chi connectivity index (χ0n) is 9.27. The fourth-order valence-corrected chi connectivity index (χ4v) is 1.27. The third kappa shape index (κ3) is 2.45. The minimum atomic E-state index is -0.00265. The minimum absolute atomic E-state index is 0.00265. The fourth-order valence-electron chi connectivity index (χ4n) is 1.27. The van der Waals surface area contributed by atoms with Gasteiger partial charge in [0.05, 0.1) is 0 Å². The van der Waals surface area contributed by atoms with Gasteiger partial charge in [0.1, 0.15) is 0 Å². The van der Waals surface area contributed by atoms with Crippen LogP contribution in [0.1, 0.15) is 32.0 Å². The van der Waals surface area contributed by atoms with Gasteiger partial charge in [-0.15, -0.1) is 0 Å². The lowest BCUT2D eigenvalue weighted by Gasteiger charge is -2.18. The van der Waals surface area contributed by atoms with Gasteiger partial charge in [-0.25, -0.2) is 0 Å². The molecule has 0 spiro atoms. The molecule has 0 radical (unpaired) electrons. The second-order valence-electron chi connectivity index (χ2n) is 4.51. The molecule has 1 heterocycles. The predicted octanol–water partition coefficient (Wildman–Crippen LogP) is 1.39. The monoisotopic (exact) mass is 194 g/mol. The highest BCUT2D eigenvalue weighted by atomic mass is 16.1. The number of H-pyrrole nitrogens is 1. The van der Waals surface area contributed by atoms with Crippen LogP contribution in [0.25, 0.3) is 0 Å². The Bertz CT molecular complexity index is 360. The standard InChI is InChI=1S/C11H18N2O/c1-11(2,3)9-6-5-8(7-12-4)10(14)13-9/h5-6,12H,7H2,1-4H3,(H,13,14). The summed E-state index contributed by atoms with van der Waals surface area (Å²) in [5.74, 6) is 0. The van der Waals surface area contributed by atoms with Gasteiger partial charge in [-0.05, 0) is 13.1 Å². The summed E-state index contributed by atoms with van der Waals surface area (Å²) >= 11 is 0. The fraction of sp³-hybridized carbons (Fsp3) is 0.545. The Kier molecular flexibility index (Phi) is 3.11. The lowest BCUT2D eigenvalue weighted by atomic mass is 9.91. The van der Waals surface area contributed by atoms with E-state index in [-0.39, 0.29) is 11.0 Å². The maximum Gasteiger partial charge on any atom is 0.252 e. The van der Waals surface area contributed by atoms with E-state index in [1.54, 1.807) is 0 Å². The molecule has 0 aliphatic heterocycles. The first-order chi connectivity index (χ1) is 6.45. The smallest absolute Gasteiger partial charge is 0.252 e. The number of aromatic nitrogens is 1. The zero-order valence-corrected chi connectivity index (χ0v) is 9.27. The quantitative estimate of drug-likeness (QED) is 0.747. The first kappa shape index (κ1) is 11.0. The molecule has 1 aromatic heterocycles. The highest BCUT2D eigenvalue weighted by molar-refractivity contribution is 5.19. The van der Waals surface area contributed by atoms with Gasteiger partial charge in [0.2, 0.25) is 0 Å². The molecule has 0 aliphatic carbocycles. The number of pyridine rings is 1. The van der Waals surface area contributed by atoms with Crippen LogP contribution in [0.5, 0.6) is 0 Å². The summed E-state index contributed by atoms with van der Waals surface area (Å²) < 4.78 is 0. The van der Waals surface area contributed by atoms with Crippen LogP contribution < -0.4 is 10.9 Å². The largest absolute Gasteiger partial charge is 0.325 e. The summed E-state index contributed by atoms with van der Waals surface area (Å²) in [6, 6.07) is 3.87. The Labute approximate surface area is 84.6 Å². The van der Waals surface area contributed by atoms with E-state index >= 15 is 0 Å². The molecule has 14 heavy (non-hydrogen) atoms. The second kappa shape index (κ2) is 3.96. The highest BCUT2D eigenvalue weighted by Crippen LogP contribution is 2.18. The minimum Gasteiger partial charge on any atom is -0.325 e. The van der Waals surface area contributed by atoms with Gasteiger partial charge < -0.3 is 10.3 Å². The van der Waals surface area contributed by atoms with Crippen molar-refractivity contribution in [2.75, 3.05) is 7.05 Å². The van der Waals surface area contributed by atoms with Gasteiger partial charge >= 0.3 is 0 Å². The molecule has 0 unspecified atom stereocenters. The first-order valence-corrected chi connectivity index (χ1v) is 4.82. The van der Waals surface area contributed by atoms with E-state index in [1.807, 2.05) is 19.2 Å². The molecule has 0 aliphatic rings. The van der Waals surface area contributed by atoms with E-state index in [2.05, 4.69) is 31.1 Å². The molecule has 2 N–H and O–H groups in total. The summed E-state index contributed by atoms with van der Waals surface area (Å²) in [6.07, 6.45) is 0. The van der Waals surface area contributed by atoms with Crippen molar-refractivity contribution in [3.8, 4) is 0 Å². The van der Waals surface area contributed by atoms with Crippen molar-refractivity contribution in [3.05, 3.63) is 33.7 Å². The predicted molar refractivity (Wildman–Crippen MR) is 58.5 cm³/mol. The lowest BCUT2D eigenvalue weighted by Crippen LogP contribution is -2.23. The van der Waals surface area contributed by atoms with E-state index in [0.29, 0.717) is 6.54 Å². The van der Waals surface area contributed by atoms with Crippen LogP contribution in [0.2, 0.25) is 0 Å². The molecule has 0 atom stereocenters. The van der Waals surface area contributed by atoms with Crippen molar-refractivity contribution in [2.24, 2.45) is 0 Å². The van der Waals surface area contributed by atoms with Crippen molar-refractivity contribution in [3.63, 3.8) is 0 Å². The van der Waals surface area contributed by atoms with Crippen LogP contribution >= 0.6 is 0 Å². The van der Waals surface area contributed by atoms with Gasteiger partial charge in [-0.2, -0.15) is 0 Å². The van der Waals surface area contributed by atoms with Gasteiger partial charge in [0, 0.05) is 23.2 Å². The van der Waals surface area contributed by atoms with Crippen LogP contribution in [0.4, 0.5) is 0 Å². The average molecular weight is 194 g/mol. The summed E-state index contributed by atoms with van der Waals surface area (Å²) in [4.78, 5) is 14.5. The molecule has 3 nitrogen and oxygen atoms in total. The Morgan fingerprint density at radius 2 is 2.00 bits per heavy atom. The molecular weight excluding hydrogens is 176 g/mol. The molecule has 0 fully saturated rings. The first-order valence-electron chi connectivity index (χ1n) is 4.82. The molecular formula is C11H18N2O. The van der Waals surface area contributed by atoms with Crippen molar-refractivity contribution in [1.29, 1.82) is 0 Å². The summed E-state index contributed by atoms with van der Waals surface area (Å²) in [6.45, 7) is 6.85. The van der Waals surface area contributed by atoms with E-state index < -0.39 is 0 Å². The van der Waals surface area contributed by atoms with E-state index in [9.17, 15) is 4.79 Å². The summed E-state index contributed by atoms with van der Waals surface area (Å²) in [7, 11) is 1.83. The molecule has 1 aromatic rings. The average Bonchev–Trinajstić information content (AvgIpc) is 2.07. The molecule has 0 saturated heterocycles. The normalized spacial score (nSPS) is 11.7. The molecule has 78 valence electrons. The lowest BCUT2D eigenvalue weighted by molar-refractivity contribution is 0.565. The van der Waals surface area contributed by atoms with Crippen molar-refractivity contribution < 1.29 is 0 Å². The highest BCUT2D eigenvalue weighted by Gasteiger charge is 2.14. The Morgan fingerprint density at radius 3 is 2.43 bits per heavy atom. The topological polar surface area (TPSA) is 44.9 Å². The van der Waals surface area contributed by atoms with Crippen molar-refractivity contribution in [1.82, 2.24) is 10.3 Å². The van der Waals surface area contributed by atoms with Crippen LogP contribution in [-0.4, -0.2) is 12.0 Å². The second-order valence-corrected chi connectivity index (χ2v) is 4.51. The third-order valence-electron chi connectivity index (χ3n) is 2.17. The Morgan fingerprint density at radius 1 is 1.36 bits per heavy atom. The maximum atomic E-state index is 11.6. The SMILES string of the molecule is CNCc1ccc(C(C)(C)C)[nH]c1=O. The summed E-state index contributed by atoms with van der Waals surface area (Å²) in [5.41, 5.74) is 1.76. The van der Waals surface area contributed by atoms with E-state index in [4.69, 9.17) is 0 Å². The van der Waals surface area contributed by atoms with E-state index in [0.717, 1.165) is 11.3 Å². The van der Waals surface area contributed by atoms with Crippen molar-refractivity contribution in [2.45, 2.75) is 32.7 Å². The number of hydrogen-bond donors (Lipinski definition) is 2. The van der Waals surface area contributed by atoms with Crippen LogP contribution in [0.3, 0.4) is 0 Å². The molecule has 1 rings (SSSR count). The molecule has 0 amide bonds. The number of hydrogen-bond acceptors (Lipinski definition) is 2. The molecule has 3 heteroatoms. The van der Waals surface area contributed by atoms with E-state index in [1.165, 1.54) is 0 Å². The molecule has 0 bridgehead atoms.